The van der Waals surface area contributed by atoms with Crippen LogP contribution in [-0.2, 0) is 0 Å². The summed E-state index contributed by atoms with van der Waals surface area (Å²) in [6.45, 7) is 0. The van der Waals surface area contributed by atoms with Crippen molar-refractivity contribution in [1.29, 1.82) is 0 Å². The Morgan fingerprint density at radius 2 is 2.20 bits per heavy atom. The molecular formula is C7H13NO2. The van der Waals surface area contributed by atoms with Crippen LogP contribution in [0.1, 0.15) is 12.8 Å². The zero-order valence-electron chi connectivity index (χ0n) is 5.77. The monoisotopic (exact) mass is 143 g/mol. The zero-order valence-corrected chi connectivity index (χ0v) is 5.77. The van der Waals surface area contributed by atoms with Gasteiger partial charge in [0, 0.05) is 12.0 Å². The van der Waals surface area contributed by atoms with Crippen LogP contribution < -0.4 is 5.73 Å². The molecular weight excluding hydrogens is 130 g/mol. The van der Waals surface area contributed by atoms with Gasteiger partial charge in [0.1, 0.15) is 0 Å². The van der Waals surface area contributed by atoms with Crippen molar-refractivity contribution in [2.24, 2.45) is 11.7 Å². The average Bonchev–Trinajstić information content (AvgIpc) is 1.88. The van der Waals surface area contributed by atoms with E-state index < -0.39 is 6.29 Å². The van der Waals surface area contributed by atoms with Crippen molar-refractivity contribution in [3.8, 4) is 0 Å². The second-order valence-corrected chi connectivity index (χ2v) is 2.66. The van der Waals surface area contributed by atoms with E-state index in [4.69, 9.17) is 15.9 Å². The minimum absolute atomic E-state index is 0.176. The summed E-state index contributed by atoms with van der Waals surface area (Å²) in [6.07, 6.45) is 4.21. The van der Waals surface area contributed by atoms with E-state index in [2.05, 4.69) is 0 Å². The van der Waals surface area contributed by atoms with Gasteiger partial charge in [-0.05, 0) is 12.8 Å². The first-order valence-electron chi connectivity index (χ1n) is 3.50. The summed E-state index contributed by atoms with van der Waals surface area (Å²) < 4.78 is 0. The molecule has 58 valence electrons. The second-order valence-electron chi connectivity index (χ2n) is 2.66. The molecule has 0 saturated heterocycles. The Hall–Kier alpha value is -0.380. The molecule has 3 nitrogen and oxygen atoms in total. The van der Waals surface area contributed by atoms with Gasteiger partial charge in [-0.1, -0.05) is 12.2 Å². The Bertz CT molecular complexity index is 134. The summed E-state index contributed by atoms with van der Waals surface area (Å²) in [7, 11) is 0. The Labute approximate surface area is 60.2 Å². The van der Waals surface area contributed by atoms with Crippen LogP contribution >= 0.6 is 0 Å². The van der Waals surface area contributed by atoms with E-state index in [0.717, 1.165) is 12.8 Å². The minimum Gasteiger partial charge on any atom is -0.368 e. The molecule has 0 bridgehead atoms. The zero-order chi connectivity index (χ0) is 7.56. The van der Waals surface area contributed by atoms with Gasteiger partial charge in [0.25, 0.3) is 0 Å². The van der Waals surface area contributed by atoms with E-state index in [0.29, 0.717) is 0 Å². The van der Waals surface area contributed by atoms with Crippen LogP contribution in [0.15, 0.2) is 12.2 Å². The van der Waals surface area contributed by atoms with Gasteiger partial charge >= 0.3 is 0 Å². The third-order valence-electron chi connectivity index (χ3n) is 1.90. The molecule has 3 heteroatoms. The molecule has 2 atom stereocenters. The molecule has 1 rings (SSSR count). The summed E-state index contributed by atoms with van der Waals surface area (Å²) in [5.74, 6) is -0.176. The third kappa shape index (κ3) is 1.56. The fourth-order valence-electron chi connectivity index (χ4n) is 1.23. The van der Waals surface area contributed by atoms with Gasteiger partial charge in [-0.25, -0.2) is 0 Å². The van der Waals surface area contributed by atoms with Gasteiger partial charge in [0.05, 0.1) is 0 Å². The lowest BCUT2D eigenvalue weighted by molar-refractivity contribution is -0.0895. The number of aliphatic hydroxyl groups is 2. The average molecular weight is 143 g/mol. The quantitative estimate of drug-likeness (QED) is 0.345. The highest BCUT2D eigenvalue weighted by Crippen LogP contribution is 2.19. The molecule has 1 aliphatic rings. The number of hydrogen-bond donors (Lipinski definition) is 3. The summed E-state index contributed by atoms with van der Waals surface area (Å²) in [5.41, 5.74) is 5.57. The highest BCUT2D eigenvalue weighted by atomic mass is 16.5. The molecule has 0 spiro atoms. The predicted octanol–water partition coefficient (Wildman–Crippen LogP) is -0.409. The molecule has 0 aromatic rings. The molecule has 10 heavy (non-hydrogen) atoms. The third-order valence-corrected chi connectivity index (χ3v) is 1.90. The first-order valence-corrected chi connectivity index (χ1v) is 3.50. The second kappa shape index (κ2) is 3.14. The van der Waals surface area contributed by atoms with Crippen LogP contribution in [0.2, 0.25) is 0 Å². The van der Waals surface area contributed by atoms with Crippen molar-refractivity contribution in [2.45, 2.75) is 25.2 Å². The predicted molar refractivity (Wildman–Crippen MR) is 38.1 cm³/mol. The van der Waals surface area contributed by atoms with Crippen molar-refractivity contribution >= 4 is 0 Å². The molecule has 0 unspecified atom stereocenters. The smallest absolute Gasteiger partial charge is 0.156 e. The highest BCUT2D eigenvalue weighted by molar-refractivity contribution is 5.00. The fourth-order valence-corrected chi connectivity index (χ4v) is 1.23. The number of nitrogens with two attached hydrogens (primary N) is 1. The lowest BCUT2D eigenvalue weighted by Gasteiger charge is -2.25. The topological polar surface area (TPSA) is 66.5 Å². The normalized spacial score (nSPS) is 33.2. The lowest BCUT2D eigenvalue weighted by Crippen LogP contribution is -2.37. The maximum absolute atomic E-state index is 8.79. The number of allylic oxidation sites excluding steroid dienone is 1. The van der Waals surface area contributed by atoms with Crippen molar-refractivity contribution in [3.05, 3.63) is 12.2 Å². The van der Waals surface area contributed by atoms with Gasteiger partial charge in [-0.3, -0.25) is 0 Å². The summed E-state index contributed by atoms with van der Waals surface area (Å²) in [6, 6.07) is -0.186. The molecule has 4 N–H and O–H groups in total. The van der Waals surface area contributed by atoms with E-state index >= 15 is 0 Å². The first-order chi connectivity index (χ1) is 4.72. The van der Waals surface area contributed by atoms with Crippen molar-refractivity contribution in [2.75, 3.05) is 0 Å². The molecule has 0 amide bonds. The summed E-state index contributed by atoms with van der Waals surface area (Å²) >= 11 is 0. The Kier molecular flexibility index (Phi) is 2.43. The van der Waals surface area contributed by atoms with Crippen molar-refractivity contribution in [3.63, 3.8) is 0 Å². The Balaban J connectivity index is 2.52. The molecule has 0 aliphatic heterocycles. The van der Waals surface area contributed by atoms with Crippen LogP contribution in [0.4, 0.5) is 0 Å². The van der Waals surface area contributed by atoms with E-state index in [1.165, 1.54) is 0 Å². The van der Waals surface area contributed by atoms with Crippen LogP contribution in [0.5, 0.6) is 0 Å². The van der Waals surface area contributed by atoms with Gasteiger partial charge in [0.15, 0.2) is 6.29 Å². The van der Waals surface area contributed by atoms with Crippen LogP contribution in [-0.4, -0.2) is 22.5 Å². The standard InChI is InChI=1S/C7H13NO2/c8-6-4-2-1-3-5(6)7(9)10/h2,4-7,9-10H,1,3,8H2/t5-,6+/m1/s1. The van der Waals surface area contributed by atoms with E-state index in [1.54, 1.807) is 0 Å². The van der Waals surface area contributed by atoms with Gasteiger partial charge < -0.3 is 15.9 Å². The van der Waals surface area contributed by atoms with Gasteiger partial charge in [0.2, 0.25) is 0 Å². The van der Waals surface area contributed by atoms with Crippen LogP contribution in [0.25, 0.3) is 0 Å². The van der Waals surface area contributed by atoms with E-state index in [1.807, 2.05) is 12.2 Å². The van der Waals surface area contributed by atoms with Crippen molar-refractivity contribution in [1.82, 2.24) is 0 Å². The molecule has 0 heterocycles. The molecule has 0 saturated carbocycles. The maximum atomic E-state index is 8.79. The molecule has 1 aliphatic carbocycles. The maximum Gasteiger partial charge on any atom is 0.156 e. The molecule has 0 radical (unpaired) electrons. The SMILES string of the molecule is N[C@H]1C=CCC[C@H]1C(O)O. The molecule has 0 aromatic heterocycles. The fraction of sp³-hybridized carbons (Fsp3) is 0.714. The first kappa shape index (κ1) is 7.72. The summed E-state index contributed by atoms with van der Waals surface area (Å²) in [5, 5.41) is 17.6. The Morgan fingerprint density at radius 3 is 2.60 bits per heavy atom. The van der Waals surface area contributed by atoms with E-state index in [9.17, 15) is 0 Å². The van der Waals surface area contributed by atoms with Gasteiger partial charge in [-0.2, -0.15) is 0 Å². The minimum atomic E-state index is -1.26. The molecule has 0 fully saturated rings. The Morgan fingerprint density at radius 1 is 1.50 bits per heavy atom. The molecule has 0 aromatic carbocycles. The van der Waals surface area contributed by atoms with E-state index in [-0.39, 0.29) is 12.0 Å². The van der Waals surface area contributed by atoms with Crippen molar-refractivity contribution < 1.29 is 10.2 Å². The highest BCUT2D eigenvalue weighted by Gasteiger charge is 2.23. The van der Waals surface area contributed by atoms with Gasteiger partial charge in [-0.15, -0.1) is 0 Å². The van der Waals surface area contributed by atoms with Crippen LogP contribution in [0.3, 0.4) is 0 Å². The largest absolute Gasteiger partial charge is 0.368 e. The number of hydrogen-bond acceptors (Lipinski definition) is 3. The van der Waals surface area contributed by atoms with Crippen LogP contribution in [0, 0.1) is 5.92 Å². The number of rotatable bonds is 1. The lowest BCUT2D eigenvalue weighted by atomic mass is 9.90. The number of aliphatic hydroxyl groups excluding tert-OH is 1. The summed E-state index contributed by atoms with van der Waals surface area (Å²) in [4.78, 5) is 0.